The Morgan fingerprint density at radius 2 is 2.03 bits per heavy atom. The molecule has 1 aromatic carbocycles. The summed E-state index contributed by atoms with van der Waals surface area (Å²) in [4.78, 5) is 40.4. The zero-order valence-corrected chi connectivity index (χ0v) is 18.1. The maximum absolute atomic E-state index is 13.3. The van der Waals surface area contributed by atoms with Crippen LogP contribution in [0.15, 0.2) is 18.2 Å². The van der Waals surface area contributed by atoms with E-state index in [-0.39, 0.29) is 37.3 Å². The fourth-order valence-electron chi connectivity index (χ4n) is 3.96. The minimum Gasteiger partial charge on any atom is -0.495 e. The van der Waals surface area contributed by atoms with Crippen LogP contribution in [0.5, 0.6) is 5.75 Å². The summed E-state index contributed by atoms with van der Waals surface area (Å²) in [7, 11) is 1.50. The van der Waals surface area contributed by atoms with E-state index >= 15 is 0 Å². The fourth-order valence-corrected chi connectivity index (χ4v) is 3.96. The van der Waals surface area contributed by atoms with Gasteiger partial charge in [0.2, 0.25) is 5.91 Å². The highest BCUT2D eigenvalue weighted by molar-refractivity contribution is 6.07. The second-order valence-corrected chi connectivity index (χ2v) is 8.04. The maximum Gasteiger partial charge on any atom is 0.328 e. The van der Waals surface area contributed by atoms with Gasteiger partial charge in [-0.15, -0.1) is 0 Å². The van der Waals surface area contributed by atoms with Gasteiger partial charge in [-0.3, -0.25) is 19.8 Å². The highest BCUT2D eigenvalue weighted by Crippen LogP contribution is 2.31. The van der Waals surface area contributed by atoms with Crippen LogP contribution in [0.3, 0.4) is 0 Å². The Morgan fingerprint density at radius 3 is 2.77 bits per heavy atom. The van der Waals surface area contributed by atoms with Gasteiger partial charge in [0.25, 0.3) is 5.91 Å². The Bertz CT molecular complexity index is 800. The van der Waals surface area contributed by atoms with Crippen molar-refractivity contribution in [2.45, 2.75) is 32.1 Å². The van der Waals surface area contributed by atoms with Gasteiger partial charge in [0.15, 0.2) is 0 Å². The number of aliphatic hydroxyl groups excluding tert-OH is 1. The first kappa shape index (κ1) is 23.0. The number of hydrogen-bond acceptors (Lipinski definition) is 6. The van der Waals surface area contributed by atoms with E-state index in [4.69, 9.17) is 4.74 Å². The van der Waals surface area contributed by atoms with E-state index in [9.17, 15) is 19.5 Å². The number of carbonyl (C=O) groups excluding carboxylic acids is 3. The van der Waals surface area contributed by atoms with Crippen molar-refractivity contribution in [2.24, 2.45) is 5.92 Å². The molecule has 0 aromatic heterocycles. The molecule has 0 saturated carbocycles. The first-order chi connectivity index (χ1) is 15.0. The Morgan fingerprint density at radius 1 is 1.19 bits per heavy atom. The summed E-state index contributed by atoms with van der Waals surface area (Å²) in [6.07, 6.45) is 3.88. The normalized spacial score (nSPS) is 21.3. The number of urea groups is 1. The smallest absolute Gasteiger partial charge is 0.328 e. The maximum atomic E-state index is 13.3. The number of methoxy groups -OCH3 is 1. The molecule has 3 N–H and O–H groups in total. The van der Waals surface area contributed by atoms with Crippen molar-refractivity contribution in [3.05, 3.63) is 23.8 Å². The average Bonchev–Trinajstić information content (AvgIpc) is 2.83. The average molecular weight is 433 g/mol. The molecule has 3 rings (SSSR count). The van der Waals surface area contributed by atoms with Crippen LogP contribution in [0.1, 0.15) is 42.5 Å². The number of amides is 4. The summed E-state index contributed by atoms with van der Waals surface area (Å²) in [5, 5.41) is 15.3. The van der Waals surface area contributed by atoms with Crippen LogP contribution in [-0.4, -0.2) is 74.3 Å². The molecule has 0 aliphatic carbocycles. The molecule has 1 unspecified atom stereocenters. The molecule has 31 heavy (non-hydrogen) atoms. The van der Waals surface area contributed by atoms with E-state index in [0.29, 0.717) is 30.1 Å². The molecule has 2 saturated heterocycles. The lowest BCUT2D eigenvalue weighted by molar-refractivity contribution is -0.120. The fraction of sp³-hybridized carbons (Fsp3) is 0.591. The predicted molar refractivity (Wildman–Crippen MR) is 116 cm³/mol. The van der Waals surface area contributed by atoms with Crippen molar-refractivity contribution in [2.75, 3.05) is 51.3 Å². The minimum absolute atomic E-state index is 0.0878. The Balaban J connectivity index is 1.81. The van der Waals surface area contributed by atoms with Crippen molar-refractivity contribution >= 4 is 23.5 Å². The Labute approximate surface area is 182 Å². The number of anilines is 1. The van der Waals surface area contributed by atoms with E-state index in [2.05, 4.69) is 10.6 Å². The molecular formula is C22H32N4O5. The molecular weight excluding hydrogens is 400 g/mol. The minimum atomic E-state index is -0.521. The van der Waals surface area contributed by atoms with Gasteiger partial charge < -0.3 is 20.1 Å². The second kappa shape index (κ2) is 11.1. The van der Waals surface area contributed by atoms with Crippen molar-refractivity contribution in [3.63, 3.8) is 0 Å². The highest BCUT2D eigenvalue weighted by atomic mass is 16.5. The summed E-state index contributed by atoms with van der Waals surface area (Å²) < 4.78 is 5.40. The van der Waals surface area contributed by atoms with Crippen molar-refractivity contribution in [1.29, 1.82) is 0 Å². The quantitative estimate of drug-likeness (QED) is 0.663. The van der Waals surface area contributed by atoms with Gasteiger partial charge in [-0.2, -0.15) is 0 Å². The van der Waals surface area contributed by atoms with Crippen LogP contribution < -0.4 is 20.3 Å². The van der Waals surface area contributed by atoms with Crippen molar-refractivity contribution < 1.29 is 24.2 Å². The van der Waals surface area contributed by atoms with E-state index in [1.807, 2.05) is 4.90 Å². The van der Waals surface area contributed by atoms with Gasteiger partial charge >= 0.3 is 6.03 Å². The predicted octanol–water partition coefficient (Wildman–Crippen LogP) is 1.36. The number of nitrogens with one attached hydrogen (secondary N) is 2. The number of imide groups is 1. The largest absolute Gasteiger partial charge is 0.495 e. The number of nitrogens with zero attached hydrogens (tertiary/aromatic N) is 2. The summed E-state index contributed by atoms with van der Waals surface area (Å²) in [6.45, 7) is 3.20. The molecule has 9 nitrogen and oxygen atoms in total. The summed E-state index contributed by atoms with van der Waals surface area (Å²) in [5.41, 5.74) is 0.933. The van der Waals surface area contributed by atoms with Gasteiger partial charge in [-0.25, -0.2) is 4.79 Å². The third-order valence-electron chi connectivity index (χ3n) is 5.84. The molecule has 1 aromatic rings. The molecule has 4 amide bonds. The van der Waals surface area contributed by atoms with Crippen LogP contribution >= 0.6 is 0 Å². The standard InChI is InChI=1S/C22H32N4O5/c1-31-19-6-5-17(13-18(19)26-12-8-20(28)24-22(26)30)21(29)25-10-4-2-3-9-23-14-16(15-27)7-11-25/h5-6,13,16,23,27H,2-4,7-12,14-15H2,1H3,(H,24,28,30). The molecule has 2 fully saturated rings. The number of rotatable bonds is 4. The third-order valence-corrected chi connectivity index (χ3v) is 5.84. The zero-order valence-electron chi connectivity index (χ0n) is 18.1. The number of benzene rings is 1. The number of aliphatic hydroxyl groups is 1. The molecule has 0 bridgehead atoms. The Kier molecular flexibility index (Phi) is 8.25. The molecule has 0 spiro atoms. The molecule has 170 valence electrons. The van der Waals surface area contributed by atoms with E-state index in [1.54, 1.807) is 18.2 Å². The highest BCUT2D eigenvalue weighted by Gasteiger charge is 2.28. The lowest BCUT2D eigenvalue weighted by Gasteiger charge is -2.29. The first-order valence-electron chi connectivity index (χ1n) is 10.9. The summed E-state index contributed by atoms with van der Waals surface area (Å²) in [5.74, 6) is 0.143. The van der Waals surface area contributed by atoms with Gasteiger partial charge in [-0.05, 0) is 49.9 Å². The van der Waals surface area contributed by atoms with Crippen molar-refractivity contribution in [1.82, 2.24) is 15.5 Å². The van der Waals surface area contributed by atoms with Gasteiger partial charge in [-0.1, -0.05) is 6.42 Å². The van der Waals surface area contributed by atoms with E-state index < -0.39 is 6.03 Å². The van der Waals surface area contributed by atoms with Crippen LogP contribution in [0.4, 0.5) is 10.5 Å². The first-order valence-corrected chi connectivity index (χ1v) is 10.9. The number of carbonyl (C=O) groups is 3. The van der Waals surface area contributed by atoms with E-state index in [0.717, 1.165) is 38.8 Å². The zero-order chi connectivity index (χ0) is 22.2. The lowest BCUT2D eigenvalue weighted by Crippen LogP contribution is -2.49. The molecule has 2 heterocycles. The number of ether oxygens (including phenoxy) is 1. The van der Waals surface area contributed by atoms with E-state index in [1.165, 1.54) is 12.0 Å². The van der Waals surface area contributed by atoms with Gasteiger partial charge in [0, 0.05) is 44.8 Å². The molecule has 9 heteroatoms. The monoisotopic (exact) mass is 432 g/mol. The van der Waals surface area contributed by atoms with Gasteiger partial charge in [0.05, 0.1) is 12.8 Å². The molecule has 0 radical (unpaired) electrons. The van der Waals surface area contributed by atoms with Crippen LogP contribution in [0.25, 0.3) is 0 Å². The van der Waals surface area contributed by atoms with Crippen LogP contribution in [0, 0.1) is 5.92 Å². The second-order valence-electron chi connectivity index (χ2n) is 8.04. The van der Waals surface area contributed by atoms with Gasteiger partial charge in [0.1, 0.15) is 5.75 Å². The number of hydrogen-bond donors (Lipinski definition) is 3. The molecule has 1 atom stereocenters. The molecule has 2 aliphatic rings. The van der Waals surface area contributed by atoms with Crippen LogP contribution in [0.2, 0.25) is 0 Å². The topological polar surface area (TPSA) is 111 Å². The SMILES string of the molecule is COc1ccc(C(=O)N2CCCCCNCC(CO)CC2)cc1N1CCC(=O)NC1=O. The third kappa shape index (κ3) is 5.95. The van der Waals surface area contributed by atoms with Crippen LogP contribution in [-0.2, 0) is 4.79 Å². The molecule has 2 aliphatic heterocycles. The summed E-state index contributed by atoms with van der Waals surface area (Å²) >= 11 is 0. The summed E-state index contributed by atoms with van der Waals surface area (Å²) in [6, 6.07) is 4.52. The lowest BCUT2D eigenvalue weighted by atomic mass is 10.1. The Hall–Kier alpha value is -2.65. The van der Waals surface area contributed by atoms with Crippen molar-refractivity contribution in [3.8, 4) is 5.75 Å².